The zero-order valence-corrected chi connectivity index (χ0v) is 14.2. The number of hydrogen-bond donors (Lipinski definition) is 1. The number of amides is 1. The van der Waals surface area contributed by atoms with E-state index in [0.717, 1.165) is 16.1 Å². The number of rotatable bonds is 2. The summed E-state index contributed by atoms with van der Waals surface area (Å²) in [6.45, 7) is 1.83. The third-order valence-corrected chi connectivity index (χ3v) is 4.10. The van der Waals surface area contributed by atoms with Gasteiger partial charge < -0.3 is 5.32 Å². The maximum Gasteiger partial charge on any atom is 0.255 e. The van der Waals surface area contributed by atoms with E-state index in [2.05, 4.69) is 37.2 Å². The lowest BCUT2D eigenvalue weighted by Crippen LogP contribution is -2.14. The predicted octanol–water partition coefficient (Wildman–Crippen LogP) is 5.56. The van der Waals surface area contributed by atoms with Gasteiger partial charge in [-0.15, -0.1) is 0 Å². The largest absolute Gasteiger partial charge is 0.320 e. The molecule has 1 N–H and O–H groups in total. The monoisotopic (exact) mass is 419 g/mol. The average molecular weight is 421 g/mol. The minimum atomic E-state index is -0.473. The van der Waals surface area contributed by atoms with Gasteiger partial charge in [0.2, 0.25) is 0 Å². The third-order valence-electron chi connectivity index (χ3n) is 2.68. The molecule has 1 amide bonds. The topological polar surface area (TPSA) is 29.1 Å². The SMILES string of the molecule is Cc1cc(Br)ccc1C(=O)Nc1c(Cl)cc(F)cc1Br. The molecule has 0 saturated heterocycles. The van der Waals surface area contributed by atoms with Gasteiger partial charge in [-0.3, -0.25) is 4.79 Å². The van der Waals surface area contributed by atoms with Crippen LogP contribution in [-0.2, 0) is 0 Å². The van der Waals surface area contributed by atoms with E-state index in [0.29, 0.717) is 15.7 Å². The molecule has 6 heteroatoms. The maximum absolute atomic E-state index is 13.1. The molecule has 0 spiro atoms. The van der Waals surface area contributed by atoms with E-state index < -0.39 is 5.82 Å². The van der Waals surface area contributed by atoms with Gasteiger partial charge in [-0.2, -0.15) is 0 Å². The van der Waals surface area contributed by atoms with Gasteiger partial charge in [-0.25, -0.2) is 4.39 Å². The van der Waals surface area contributed by atoms with Crippen LogP contribution in [-0.4, -0.2) is 5.91 Å². The summed E-state index contributed by atoms with van der Waals surface area (Å²) in [4.78, 5) is 12.2. The smallest absolute Gasteiger partial charge is 0.255 e. The van der Waals surface area contributed by atoms with Crippen molar-refractivity contribution in [3.05, 3.63) is 61.2 Å². The van der Waals surface area contributed by atoms with Crippen LogP contribution in [0.3, 0.4) is 0 Å². The molecule has 0 bridgehead atoms. The van der Waals surface area contributed by atoms with Crippen molar-refractivity contribution < 1.29 is 9.18 Å². The number of carbonyl (C=O) groups excluding carboxylic acids is 1. The Morgan fingerprint density at radius 1 is 1.25 bits per heavy atom. The molecule has 2 rings (SSSR count). The van der Waals surface area contributed by atoms with E-state index in [-0.39, 0.29) is 10.9 Å². The number of anilines is 1. The highest BCUT2D eigenvalue weighted by Gasteiger charge is 2.14. The Kier molecular flexibility index (Phi) is 4.83. The third kappa shape index (κ3) is 3.40. The van der Waals surface area contributed by atoms with Gasteiger partial charge in [0.25, 0.3) is 5.91 Å². The standard InChI is InChI=1S/C14H9Br2ClFNO/c1-7-4-8(15)2-3-10(7)14(20)19-13-11(16)5-9(18)6-12(13)17/h2-6H,1H3,(H,19,20). The highest BCUT2D eigenvalue weighted by Crippen LogP contribution is 2.32. The molecule has 0 unspecified atom stereocenters. The normalized spacial score (nSPS) is 10.4. The zero-order chi connectivity index (χ0) is 14.9. The van der Waals surface area contributed by atoms with Crippen molar-refractivity contribution in [3.63, 3.8) is 0 Å². The van der Waals surface area contributed by atoms with Crippen molar-refractivity contribution in [3.8, 4) is 0 Å². The molecule has 0 heterocycles. The second-order valence-corrected chi connectivity index (χ2v) is 6.34. The summed E-state index contributed by atoms with van der Waals surface area (Å²) < 4.78 is 14.4. The quantitative estimate of drug-likeness (QED) is 0.675. The van der Waals surface area contributed by atoms with Crippen molar-refractivity contribution in [1.29, 1.82) is 0 Å². The van der Waals surface area contributed by atoms with Gasteiger partial charge in [0.05, 0.1) is 10.7 Å². The molecule has 2 aromatic carbocycles. The van der Waals surface area contributed by atoms with Gasteiger partial charge >= 0.3 is 0 Å². The first-order valence-electron chi connectivity index (χ1n) is 5.60. The Balaban J connectivity index is 2.33. The van der Waals surface area contributed by atoms with E-state index in [9.17, 15) is 9.18 Å². The second kappa shape index (κ2) is 6.24. The molecular formula is C14H9Br2ClFNO. The summed E-state index contributed by atoms with van der Waals surface area (Å²) in [5.41, 5.74) is 1.70. The van der Waals surface area contributed by atoms with E-state index in [1.807, 2.05) is 13.0 Å². The van der Waals surface area contributed by atoms with Crippen LogP contribution in [0.4, 0.5) is 10.1 Å². The Hall–Kier alpha value is -0.910. The fourth-order valence-electron chi connectivity index (χ4n) is 1.72. The highest BCUT2D eigenvalue weighted by atomic mass is 79.9. The van der Waals surface area contributed by atoms with E-state index in [1.165, 1.54) is 6.07 Å². The lowest BCUT2D eigenvalue weighted by atomic mass is 10.1. The van der Waals surface area contributed by atoms with Crippen LogP contribution in [0.2, 0.25) is 5.02 Å². The molecule has 0 fully saturated rings. The van der Waals surface area contributed by atoms with Crippen LogP contribution in [0.15, 0.2) is 39.3 Å². The number of carbonyl (C=O) groups is 1. The first kappa shape index (κ1) is 15.5. The first-order chi connectivity index (χ1) is 9.38. The van der Waals surface area contributed by atoms with Crippen LogP contribution in [0.5, 0.6) is 0 Å². The molecular weight excluding hydrogens is 412 g/mol. The Morgan fingerprint density at radius 3 is 2.55 bits per heavy atom. The van der Waals surface area contributed by atoms with E-state index in [4.69, 9.17) is 11.6 Å². The molecule has 2 aromatic rings. The lowest BCUT2D eigenvalue weighted by molar-refractivity contribution is 0.102. The predicted molar refractivity (Wildman–Crippen MR) is 85.9 cm³/mol. The molecule has 0 aliphatic carbocycles. The fraction of sp³-hybridized carbons (Fsp3) is 0.0714. The summed E-state index contributed by atoms with van der Waals surface area (Å²) in [6.07, 6.45) is 0. The fourth-order valence-corrected chi connectivity index (χ4v) is 3.10. The summed E-state index contributed by atoms with van der Waals surface area (Å²) in [7, 11) is 0. The van der Waals surface area contributed by atoms with Crippen molar-refractivity contribution >= 4 is 55.1 Å². The maximum atomic E-state index is 13.1. The average Bonchev–Trinajstić information content (AvgIpc) is 2.33. The van der Waals surface area contributed by atoms with Gasteiger partial charge in [-0.05, 0) is 58.7 Å². The van der Waals surface area contributed by atoms with Crippen molar-refractivity contribution in [2.45, 2.75) is 6.92 Å². The molecule has 0 atom stereocenters. The molecule has 0 aliphatic heterocycles. The molecule has 104 valence electrons. The molecule has 0 saturated carbocycles. The highest BCUT2D eigenvalue weighted by molar-refractivity contribution is 9.10. The van der Waals surface area contributed by atoms with Crippen LogP contribution in [0.25, 0.3) is 0 Å². The Labute approximate surface area is 137 Å². The Bertz CT molecular complexity index is 668. The summed E-state index contributed by atoms with van der Waals surface area (Å²) in [5.74, 6) is -0.774. The zero-order valence-electron chi connectivity index (χ0n) is 10.3. The van der Waals surface area contributed by atoms with Crippen LogP contribution in [0, 0.1) is 12.7 Å². The summed E-state index contributed by atoms with van der Waals surface area (Å²) >= 11 is 12.5. The molecule has 0 radical (unpaired) electrons. The molecule has 20 heavy (non-hydrogen) atoms. The van der Waals surface area contributed by atoms with Gasteiger partial charge in [0.15, 0.2) is 0 Å². The van der Waals surface area contributed by atoms with E-state index in [1.54, 1.807) is 12.1 Å². The first-order valence-corrected chi connectivity index (χ1v) is 7.57. The van der Waals surface area contributed by atoms with Gasteiger partial charge in [0, 0.05) is 14.5 Å². The number of benzene rings is 2. The number of aryl methyl sites for hydroxylation is 1. The molecule has 0 aromatic heterocycles. The Morgan fingerprint density at radius 2 is 1.95 bits per heavy atom. The second-order valence-electron chi connectivity index (χ2n) is 4.16. The van der Waals surface area contributed by atoms with Gasteiger partial charge in [0.1, 0.15) is 5.82 Å². The van der Waals surface area contributed by atoms with Crippen LogP contribution in [0.1, 0.15) is 15.9 Å². The van der Waals surface area contributed by atoms with Crippen LogP contribution >= 0.6 is 43.5 Å². The van der Waals surface area contributed by atoms with E-state index >= 15 is 0 Å². The minimum absolute atomic E-state index is 0.139. The minimum Gasteiger partial charge on any atom is -0.320 e. The number of halogens is 4. The van der Waals surface area contributed by atoms with Crippen LogP contribution < -0.4 is 5.32 Å². The van der Waals surface area contributed by atoms with Crippen molar-refractivity contribution in [1.82, 2.24) is 0 Å². The van der Waals surface area contributed by atoms with Crippen molar-refractivity contribution in [2.75, 3.05) is 5.32 Å². The van der Waals surface area contributed by atoms with Gasteiger partial charge in [-0.1, -0.05) is 27.5 Å². The molecule has 2 nitrogen and oxygen atoms in total. The lowest BCUT2D eigenvalue weighted by Gasteiger charge is -2.11. The summed E-state index contributed by atoms with van der Waals surface area (Å²) in [6, 6.07) is 7.73. The summed E-state index contributed by atoms with van der Waals surface area (Å²) in [5, 5.41) is 2.82. The number of nitrogens with one attached hydrogen (secondary N) is 1. The number of hydrogen-bond acceptors (Lipinski definition) is 1. The molecule has 0 aliphatic rings. The van der Waals surface area contributed by atoms with Crippen molar-refractivity contribution in [2.24, 2.45) is 0 Å².